The summed E-state index contributed by atoms with van der Waals surface area (Å²) in [6.45, 7) is 5.13. The molecule has 2 aromatic carbocycles. The summed E-state index contributed by atoms with van der Waals surface area (Å²) < 4.78 is 0. The van der Waals surface area contributed by atoms with Gasteiger partial charge in [0.1, 0.15) is 0 Å². The van der Waals surface area contributed by atoms with E-state index in [0.717, 1.165) is 17.8 Å². The average Bonchev–Trinajstić information content (AvgIpc) is 2.53. The Morgan fingerprint density at radius 2 is 1.62 bits per heavy atom. The lowest BCUT2D eigenvalue weighted by Gasteiger charge is -2.10. The second-order valence-corrected chi connectivity index (χ2v) is 5.41. The zero-order chi connectivity index (χ0) is 15.2. The van der Waals surface area contributed by atoms with E-state index in [1.54, 1.807) is 7.05 Å². The highest BCUT2D eigenvalue weighted by Gasteiger charge is 2.02. The predicted octanol–water partition coefficient (Wildman–Crippen LogP) is 3.78. The molecule has 0 unspecified atom stereocenters. The number of anilines is 1. The predicted molar refractivity (Wildman–Crippen MR) is 87.7 cm³/mol. The van der Waals surface area contributed by atoms with Gasteiger partial charge in [0.2, 0.25) is 0 Å². The molecule has 2 aromatic rings. The zero-order valence-electron chi connectivity index (χ0n) is 12.8. The topological polar surface area (TPSA) is 41.1 Å². The van der Waals surface area contributed by atoms with Gasteiger partial charge in [0, 0.05) is 24.8 Å². The van der Waals surface area contributed by atoms with Crippen molar-refractivity contribution in [1.29, 1.82) is 0 Å². The van der Waals surface area contributed by atoms with Crippen LogP contribution in [0.3, 0.4) is 0 Å². The molecular weight excluding hydrogens is 260 g/mol. The fourth-order valence-electron chi connectivity index (χ4n) is 2.11. The Hall–Kier alpha value is -2.29. The van der Waals surface area contributed by atoms with Crippen molar-refractivity contribution in [2.24, 2.45) is 0 Å². The van der Waals surface area contributed by atoms with Gasteiger partial charge >= 0.3 is 0 Å². The van der Waals surface area contributed by atoms with E-state index in [1.165, 1.54) is 5.56 Å². The normalized spacial score (nSPS) is 10.5. The molecule has 0 atom stereocenters. The number of carbonyl (C=O) groups excluding carboxylic acids is 1. The minimum atomic E-state index is -0.0567. The van der Waals surface area contributed by atoms with Gasteiger partial charge in [0.25, 0.3) is 5.91 Å². The zero-order valence-corrected chi connectivity index (χ0v) is 12.8. The fourth-order valence-corrected chi connectivity index (χ4v) is 2.11. The van der Waals surface area contributed by atoms with E-state index in [9.17, 15) is 4.79 Å². The summed E-state index contributed by atoms with van der Waals surface area (Å²) in [4.78, 5) is 11.5. The van der Waals surface area contributed by atoms with E-state index >= 15 is 0 Å². The molecule has 0 spiro atoms. The van der Waals surface area contributed by atoms with Gasteiger partial charge < -0.3 is 10.6 Å². The smallest absolute Gasteiger partial charge is 0.251 e. The van der Waals surface area contributed by atoms with Crippen LogP contribution in [0.2, 0.25) is 0 Å². The van der Waals surface area contributed by atoms with E-state index in [2.05, 4.69) is 48.7 Å². The summed E-state index contributed by atoms with van der Waals surface area (Å²) in [7, 11) is 1.64. The van der Waals surface area contributed by atoms with Crippen LogP contribution in [0, 0.1) is 0 Å². The van der Waals surface area contributed by atoms with Gasteiger partial charge in [0.15, 0.2) is 0 Å². The molecule has 0 saturated carbocycles. The number of benzene rings is 2. The number of nitrogens with one attached hydrogen (secondary N) is 2. The molecule has 0 radical (unpaired) electrons. The lowest BCUT2D eigenvalue weighted by Crippen LogP contribution is -2.17. The third-order valence-corrected chi connectivity index (χ3v) is 3.52. The first-order valence-corrected chi connectivity index (χ1v) is 7.25. The van der Waals surface area contributed by atoms with Crippen molar-refractivity contribution in [2.75, 3.05) is 12.4 Å². The van der Waals surface area contributed by atoms with Gasteiger partial charge in [-0.25, -0.2) is 0 Å². The highest BCUT2D eigenvalue weighted by molar-refractivity contribution is 5.93. The molecule has 0 aromatic heterocycles. The largest absolute Gasteiger partial charge is 0.381 e. The molecule has 21 heavy (non-hydrogen) atoms. The van der Waals surface area contributed by atoms with Crippen LogP contribution in [0.25, 0.3) is 0 Å². The summed E-state index contributed by atoms with van der Waals surface area (Å²) in [6.07, 6.45) is 0. The SMILES string of the molecule is CNC(=O)c1ccc(CNc2ccc(C(C)C)cc2)cc1. The highest BCUT2D eigenvalue weighted by Crippen LogP contribution is 2.17. The molecule has 0 aliphatic heterocycles. The first-order chi connectivity index (χ1) is 10.1. The van der Waals surface area contributed by atoms with Crippen molar-refractivity contribution in [3.8, 4) is 0 Å². The maximum atomic E-state index is 11.5. The van der Waals surface area contributed by atoms with Gasteiger partial charge in [0.05, 0.1) is 0 Å². The Kier molecular flexibility index (Phi) is 4.99. The first kappa shape index (κ1) is 15.1. The van der Waals surface area contributed by atoms with Crippen LogP contribution >= 0.6 is 0 Å². The van der Waals surface area contributed by atoms with Crippen LogP contribution in [0.4, 0.5) is 5.69 Å². The lowest BCUT2D eigenvalue weighted by atomic mass is 10.0. The number of hydrogen-bond acceptors (Lipinski definition) is 2. The van der Waals surface area contributed by atoms with Gasteiger partial charge in [-0.3, -0.25) is 4.79 Å². The minimum Gasteiger partial charge on any atom is -0.381 e. The molecule has 0 aliphatic rings. The number of rotatable bonds is 5. The van der Waals surface area contributed by atoms with E-state index in [0.29, 0.717) is 11.5 Å². The average molecular weight is 282 g/mol. The summed E-state index contributed by atoms with van der Waals surface area (Å²) >= 11 is 0. The molecular formula is C18H22N2O. The van der Waals surface area contributed by atoms with Crippen LogP contribution in [0.5, 0.6) is 0 Å². The molecule has 1 amide bonds. The third kappa shape index (κ3) is 4.09. The minimum absolute atomic E-state index is 0.0567. The van der Waals surface area contributed by atoms with Crippen molar-refractivity contribution in [3.05, 3.63) is 65.2 Å². The standard InChI is InChI=1S/C18H22N2O/c1-13(2)15-8-10-17(11-9-15)20-12-14-4-6-16(7-5-14)18(21)19-3/h4-11,13,20H,12H2,1-3H3,(H,19,21). The molecule has 2 rings (SSSR count). The van der Waals surface area contributed by atoms with E-state index < -0.39 is 0 Å². The quantitative estimate of drug-likeness (QED) is 0.876. The molecule has 0 aliphatic carbocycles. The van der Waals surface area contributed by atoms with Crippen LogP contribution < -0.4 is 10.6 Å². The van der Waals surface area contributed by atoms with E-state index in [4.69, 9.17) is 0 Å². The summed E-state index contributed by atoms with van der Waals surface area (Å²) in [5.41, 5.74) is 4.28. The third-order valence-electron chi connectivity index (χ3n) is 3.52. The maximum Gasteiger partial charge on any atom is 0.251 e. The number of carbonyl (C=O) groups is 1. The Bertz CT molecular complexity index is 586. The molecule has 0 bridgehead atoms. The Labute approximate surface area is 126 Å². The monoisotopic (exact) mass is 282 g/mol. The molecule has 0 saturated heterocycles. The van der Waals surface area contributed by atoms with E-state index in [-0.39, 0.29) is 5.91 Å². The van der Waals surface area contributed by atoms with Crippen molar-refractivity contribution in [2.45, 2.75) is 26.3 Å². The molecule has 2 N–H and O–H groups in total. The summed E-state index contributed by atoms with van der Waals surface area (Å²) in [6, 6.07) is 16.2. The van der Waals surface area contributed by atoms with Crippen LogP contribution in [0.1, 0.15) is 41.3 Å². The molecule has 0 heterocycles. The van der Waals surface area contributed by atoms with Crippen LogP contribution in [-0.2, 0) is 6.54 Å². The van der Waals surface area contributed by atoms with Gasteiger partial charge in [-0.15, -0.1) is 0 Å². The Morgan fingerprint density at radius 3 is 2.14 bits per heavy atom. The first-order valence-electron chi connectivity index (χ1n) is 7.25. The second kappa shape index (κ2) is 6.93. The summed E-state index contributed by atoms with van der Waals surface area (Å²) in [5, 5.41) is 6.01. The van der Waals surface area contributed by atoms with E-state index in [1.807, 2.05) is 24.3 Å². The Morgan fingerprint density at radius 1 is 1.00 bits per heavy atom. The Balaban J connectivity index is 1.95. The van der Waals surface area contributed by atoms with Gasteiger partial charge in [-0.2, -0.15) is 0 Å². The van der Waals surface area contributed by atoms with Crippen molar-refractivity contribution in [3.63, 3.8) is 0 Å². The van der Waals surface area contributed by atoms with Crippen LogP contribution in [0.15, 0.2) is 48.5 Å². The lowest BCUT2D eigenvalue weighted by molar-refractivity contribution is 0.0963. The second-order valence-electron chi connectivity index (χ2n) is 5.41. The number of hydrogen-bond donors (Lipinski definition) is 2. The van der Waals surface area contributed by atoms with Gasteiger partial charge in [-0.05, 0) is 41.3 Å². The molecule has 0 fully saturated rings. The molecule has 110 valence electrons. The van der Waals surface area contributed by atoms with Crippen LogP contribution in [-0.4, -0.2) is 13.0 Å². The number of amides is 1. The van der Waals surface area contributed by atoms with Gasteiger partial charge in [-0.1, -0.05) is 38.1 Å². The van der Waals surface area contributed by atoms with Crippen molar-refractivity contribution < 1.29 is 4.79 Å². The van der Waals surface area contributed by atoms with Crippen molar-refractivity contribution >= 4 is 11.6 Å². The molecule has 3 heteroatoms. The molecule has 3 nitrogen and oxygen atoms in total. The van der Waals surface area contributed by atoms with Crippen molar-refractivity contribution in [1.82, 2.24) is 5.32 Å². The maximum absolute atomic E-state index is 11.5. The highest BCUT2D eigenvalue weighted by atomic mass is 16.1. The summed E-state index contributed by atoms with van der Waals surface area (Å²) in [5.74, 6) is 0.495. The fraction of sp³-hybridized carbons (Fsp3) is 0.278.